The van der Waals surface area contributed by atoms with Crippen molar-refractivity contribution in [2.75, 3.05) is 0 Å². The highest BCUT2D eigenvalue weighted by Gasteiger charge is 2.32. The Labute approximate surface area is 102 Å². The van der Waals surface area contributed by atoms with Crippen LogP contribution in [0, 0.1) is 17.1 Å². The van der Waals surface area contributed by atoms with E-state index in [2.05, 4.69) is 25.7 Å². The SMILES string of the molecule is N#CCc1nc(OC(F)(F)F)cc(F)c1CBr. The highest BCUT2D eigenvalue weighted by atomic mass is 79.9. The summed E-state index contributed by atoms with van der Waals surface area (Å²) in [5.74, 6) is -1.81. The van der Waals surface area contributed by atoms with E-state index >= 15 is 0 Å². The van der Waals surface area contributed by atoms with Crippen LogP contribution < -0.4 is 4.74 Å². The molecule has 92 valence electrons. The van der Waals surface area contributed by atoms with Crippen LogP contribution in [0.15, 0.2) is 6.07 Å². The lowest BCUT2D eigenvalue weighted by Crippen LogP contribution is -2.18. The lowest BCUT2D eigenvalue weighted by molar-refractivity contribution is -0.276. The maximum absolute atomic E-state index is 13.4. The van der Waals surface area contributed by atoms with Crippen molar-refractivity contribution in [1.82, 2.24) is 4.98 Å². The topological polar surface area (TPSA) is 45.9 Å². The fourth-order valence-corrected chi connectivity index (χ4v) is 1.69. The molecule has 0 N–H and O–H groups in total. The summed E-state index contributed by atoms with van der Waals surface area (Å²) in [6.07, 6.45) is -5.24. The Morgan fingerprint density at radius 1 is 1.47 bits per heavy atom. The van der Waals surface area contributed by atoms with Crippen LogP contribution in [-0.2, 0) is 11.8 Å². The van der Waals surface area contributed by atoms with Gasteiger partial charge in [-0.05, 0) is 0 Å². The number of aromatic nitrogens is 1. The van der Waals surface area contributed by atoms with Gasteiger partial charge in [-0.1, -0.05) is 15.9 Å². The normalized spacial score (nSPS) is 11.1. The molecule has 0 amide bonds. The van der Waals surface area contributed by atoms with Crippen molar-refractivity contribution < 1.29 is 22.3 Å². The van der Waals surface area contributed by atoms with E-state index in [-0.39, 0.29) is 23.0 Å². The number of nitrogens with zero attached hydrogens (tertiary/aromatic N) is 2. The first-order chi connectivity index (χ1) is 7.87. The van der Waals surface area contributed by atoms with Crippen molar-refractivity contribution in [2.24, 2.45) is 0 Å². The van der Waals surface area contributed by atoms with E-state index in [4.69, 9.17) is 5.26 Å². The van der Waals surface area contributed by atoms with Gasteiger partial charge in [0.1, 0.15) is 5.82 Å². The van der Waals surface area contributed by atoms with E-state index in [0.717, 1.165) is 0 Å². The van der Waals surface area contributed by atoms with Crippen LogP contribution in [0.25, 0.3) is 0 Å². The van der Waals surface area contributed by atoms with Crippen LogP contribution in [0.3, 0.4) is 0 Å². The van der Waals surface area contributed by atoms with Crippen molar-refractivity contribution >= 4 is 15.9 Å². The maximum Gasteiger partial charge on any atom is 0.574 e. The number of halogens is 5. The fourth-order valence-electron chi connectivity index (χ4n) is 1.10. The molecule has 0 spiro atoms. The zero-order chi connectivity index (χ0) is 13.1. The zero-order valence-electron chi connectivity index (χ0n) is 8.18. The van der Waals surface area contributed by atoms with E-state index in [1.807, 2.05) is 0 Å². The Balaban J connectivity index is 3.15. The molecule has 1 aromatic rings. The maximum atomic E-state index is 13.4. The molecule has 3 nitrogen and oxygen atoms in total. The molecule has 0 aromatic carbocycles. The number of alkyl halides is 4. The van der Waals surface area contributed by atoms with Gasteiger partial charge in [0.15, 0.2) is 0 Å². The molecule has 1 rings (SSSR count). The molecule has 0 aliphatic carbocycles. The second-order valence-electron chi connectivity index (χ2n) is 2.88. The lowest BCUT2D eigenvalue weighted by Gasteiger charge is -2.11. The van der Waals surface area contributed by atoms with Crippen molar-refractivity contribution in [2.45, 2.75) is 18.1 Å². The molecule has 8 heteroatoms. The minimum Gasteiger partial charge on any atom is -0.388 e. The van der Waals surface area contributed by atoms with Gasteiger partial charge < -0.3 is 4.74 Å². The molecule has 1 heterocycles. The molecule has 1 aromatic heterocycles. The summed E-state index contributed by atoms with van der Waals surface area (Å²) in [4.78, 5) is 3.44. The highest BCUT2D eigenvalue weighted by Crippen LogP contribution is 2.25. The van der Waals surface area contributed by atoms with Crippen molar-refractivity contribution in [1.29, 1.82) is 5.26 Å². The summed E-state index contributed by atoms with van der Waals surface area (Å²) < 4.78 is 52.6. The molecular weight excluding hydrogens is 308 g/mol. The van der Waals surface area contributed by atoms with Gasteiger partial charge in [-0.25, -0.2) is 9.37 Å². The monoisotopic (exact) mass is 312 g/mol. The molecule has 0 unspecified atom stereocenters. The summed E-state index contributed by atoms with van der Waals surface area (Å²) in [7, 11) is 0. The Hall–Kier alpha value is -1.36. The molecule has 0 bridgehead atoms. The third-order valence-corrected chi connectivity index (χ3v) is 2.29. The Kier molecular flexibility index (Phi) is 4.28. The third kappa shape index (κ3) is 3.85. The van der Waals surface area contributed by atoms with Gasteiger partial charge in [-0.3, -0.25) is 0 Å². The molecule has 0 saturated carbocycles. The second-order valence-corrected chi connectivity index (χ2v) is 3.44. The number of hydrogen-bond donors (Lipinski definition) is 0. The van der Waals surface area contributed by atoms with Gasteiger partial charge in [0.25, 0.3) is 0 Å². The van der Waals surface area contributed by atoms with Crippen LogP contribution in [0.1, 0.15) is 11.3 Å². The summed E-state index contributed by atoms with van der Waals surface area (Å²) in [6.45, 7) is 0. The molecule has 0 atom stereocenters. The largest absolute Gasteiger partial charge is 0.574 e. The second kappa shape index (κ2) is 5.31. The molecule has 0 aliphatic rings. The number of ether oxygens (including phenoxy) is 1. The quantitative estimate of drug-likeness (QED) is 0.636. The Bertz CT molecular complexity index is 456. The molecule has 0 saturated heterocycles. The first-order valence-electron chi connectivity index (χ1n) is 4.24. The number of pyridine rings is 1. The average molecular weight is 313 g/mol. The molecule has 0 fully saturated rings. The standard InChI is InChI=1S/C9H5BrF4N2O/c10-4-5-6(11)3-8(17-9(12,13)14)16-7(5)1-2-15/h3H,1,4H2. The van der Waals surface area contributed by atoms with Crippen LogP contribution in [0.4, 0.5) is 17.6 Å². The van der Waals surface area contributed by atoms with Gasteiger partial charge in [-0.15, -0.1) is 13.2 Å². The predicted molar refractivity (Wildman–Crippen MR) is 52.8 cm³/mol. The zero-order valence-corrected chi connectivity index (χ0v) is 9.77. The van der Waals surface area contributed by atoms with E-state index in [9.17, 15) is 17.6 Å². The van der Waals surface area contributed by atoms with E-state index in [1.165, 1.54) is 0 Å². The third-order valence-electron chi connectivity index (χ3n) is 1.73. The predicted octanol–water partition coefficient (Wildman–Crippen LogP) is 3.08. The van der Waals surface area contributed by atoms with Crippen LogP contribution in [0.5, 0.6) is 5.88 Å². The first-order valence-corrected chi connectivity index (χ1v) is 5.36. The fraction of sp³-hybridized carbons (Fsp3) is 0.333. The summed E-state index contributed by atoms with van der Waals surface area (Å²) in [5.41, 5.74) is -0.0373. The van der Waals surface area contributed by atoms with Gasteiger partial charge in [0.05, 0.1) is 18.2 Å². The van der Waals surface area contributed by atoms with Gasteiger partial charge >= 0.3 is 6.36 Å². The van der Waals surface area contributed by atoms with Crippen molar-refractivity contribution in [3.8, 4) is 11.9 Å². The van der Waals surface area contributed by atoms with Crippen LogP contribution >= 0.6 is 15.9 Å². The summed E-state index contributed by atoms with van der Waals surface area (Å²) >= 11 is 2.96. The minimum atomic E-state index is -4.95. The Morgan fingerprint density at radius 3 is 2.59 bits per heavy atom. The number of hydrogen-bond acceptors (Lipinski definition) is 3. The van der Waals surface area contributed by atoms with Crippen molar-refractivity contribution in [3.63, 3.8) is 0 Å². The Morgan fingerprint density at radius 2 is 2.12 bits per heavy atom. The molecule has 0 aliphatic heterocycles. The molecular formula is C9H5BrF4N2O. The van der Waals surface area contributed by atoms with Gasteiger partial charge in [0.2, 0.25) is 5.88 Å². The highest BCUT2D eigenvalue weighted by molar-refractivity contribution is 9.08. The lowest BCUT2D eigenvalue weighted by atomic mass is 10.1. The van der Waals surface area contributed by atoms with Crippen molar-refractivity contribution in [3.05, 3.63) is 23.1 Å². The average Bonchev–Trinajstić information content (AvgIpc) is 2.15. The van der Waals surface area contributed by atoms with Crippen LogP contribution in [-0.4, -0.2) is 11.3 Å². The molecule has 0 radical (unpaired) electrons. The van der Waals surface area contributed by atoms with E-state index in [1.54, 1.807) is 6.07 Å². The minimum absolute atomic E-state index is 0.0427. The molecule has 17 heavy (non-hydrogen) atoms. The summed E-state index contributed by atoms with van der Waals surface area (Å²) in [6, 6.07) is 2.22. The smallest absolute Gasteiger partial charge is 0.388 e. The van der Waals surface area contributed by atoms with E-state index in [0.29, 0.717) is 6.07 Å². The number of nitriles is 1. The first kappa shape index (κ1) is 13.7. The van der Waals surface area contributed by atoms with Crippen LogP contribution in [0.2, 0.25) is 0 Å². The van der Waals surface area contributed by atoms with Gasteiger partial charge in [0, 0.05) is 17.0 Å². The number of rotatable bonds is 3. The van der Waals surface area contributed by atoms with E-state index < -0.39 is 18.1 Å². The van der Waals surface area contributed by atoms with Gasteiger partial charge in [-0.2, -0.15) is 5.26 Å². The summed E-state index contributed by atoms with van der Waals surface area (Å²) in [5, 5.41) is 8.51.